The summed E-state index contributed by atoms with van der Waals surface area (Å²) in [5.74, 6) is 0.00102. The summed E-state index contributed by atoms with van der Waals surface area (Å²) in [6.45, 7) is 5.96. The highest BCUT2D eigenvalue weighted by Crippen LogP contribution is 2.48. The van der Waals surface area contributed by atoms with Crippen LogP contribution < -0.4 is 20.7 Å². The molecule has 1 fully saturated rings. The molecule has 3 aromatic rings. The number of alkyl halides is 1. The van der Waals surface area contributed by atoms with Gasteiger partial charge in [0.05, 0.1) is 25.1 Å². The van der Waals surface area contributed by atoms with E-state index in [2.05, 4.69) is 25.4 Å². The predicted octanol–water partition coefficient (Wildman–Crippen LogP) is 3.60. The number of nitrogen functional groups attached to an aromatic ring is 1. The number of anilines is 2. The van der Waals surface area contributed by atoms with Crippen molar-refractivity contribution in [3.63, 3.8) is 0 Å². The van der Waals surface area contributed by atoms with Gasteiger partial charge in [-0.05, 0) is 39.8 Å². The van der Waals surface area contributed by atoms with E-state index in [-0.39, 0.29) is 30.8 Å². The minimum absolute atomic E-state index is 0.0118. The van der Waals surface area contributed by atoms with E-state index in [0.717, 1.165) is 0 Å². The van der Waals surface area contributed by atoms with Crippen molar-refractivity contribution in [2.45, 2.75) is 64.3 Å². The number of aromatic nitrogens is 4. The van der Waals surface area contributed by atoms with Gasteiger partial charge in [0.15, 0.2) is 28.9 Å². The summed E-state index contributed by atoms with van der Waals surface area (Å²) in [5.41, 5.74) is 4.65. The Balaban J connectivity index is 1.52. The second-order valence-corrected chi connectivity index (χ2v) is 11.3. The molecule has 4 N–H and O–H groups in total. The van der Waals surface area contributed by atoms with Crippen molar-refractivity contribution in [3.05, 3.63) is 36.7 Å². The van der Waals surface area contributed by atoms with Crippen molar-refractivity contribution in [1.29, 1.82) is 0 Å². The van der Waals surface area contributed by atoms with E-state index in [0.29, 0.717) is 17.0 Å². The number of benzene rings is 1. The topological polar surface area (TPSA) is 165 Å². The van der Waals surface area contributed by atoms with Crippen LogP contribution in [0.15, 0.2) is 36.7 Å². The van der Waals surface area contributed by atoms with Gasteiger partial charge in [0, 0.05) is 13.5 Å². The zero-order valence-corrected chi connectivity index (χ0v) is 23.2. The van der Waals surface area contributed by atoms with E-state index < -0.39 is 37.8 Å². The number of imidazole rings is 1. The molecule has 5 atom stereocenters. The fraction of sp³-hybridized carbons (Fsp3) is 0.500. The van der Waals surface area contributed by atoms with Crippen molar-refractivity contribution in [2.75, 3.05) is 24.7 Å². The van der Waals surface area contributed by atoms with E-state index in [1.807, 2.05) is 0 Å². The second-order valence-electron chi connectivity index (χ2n) is 9.63. The van der Waals surface area contributed by atoms with Gasteiger partial charge >= 0.3 is 13.7 Å². The Bertz CT molecular complexity index is 1360. The van der Waals surface area contributed by atoms with E-state index in [4.69, 9.17) is 24.3 Å². The largest absolute Gasteiger partial charge is 0.462 e. The molecule has 0 spiro atoms. The lowest BCUT2D eigenvalue weighted by Gasteiger charge is -2.24. The fourth-order valence-corrected chi connectivity index (χ4v) is 5.69. The van der Waals surface area contributed by atoms with Crippen LogP contribution in [0, 0.1) is 0 Å². The summed E-state index contributed by atoms with van der Waals surface area (Å²) in [7, 11) is -2.48. The van der Waals surface area contributed by atoms with E-state index in [1.165, 1.54) is 24.7 Å². The van der Waals surface area contributed by atoms with Gasteiger partial charge in [0.2, 0.25) is 5.95 Å². The number of carbonyl (C=O) groups is 1. The molecule has 0 aliphatic carbocycles. The molecule has 0 saturated carbocycles. The first-order chi connectivity index (χ1) is 18.4. The third-order valence-electron chi connectivity index (χ3n) is 5.85. The highest BCUT2D eigenvalue weighted by molar-refractivity contribution is 7.52. The number of ether oxygens (including phenoxy) is 2. The molecule has 1 unspecified atom stereocenters. The maximum atomic E-state index is 15.8. The Morgan fingerprint density at radius 1 is 1.31 bits per heavy atom. The fourth-order valence-electron chi connectivity index (χ4n) is 4.17. The molecule has 0 bridgehead atoms. The molecule has 212 valence electrons. The first kappa shape index (κ1) is 28.7. The number of halogens is 1. The van der Waals surface area contributed by atoms with Gasteiger partial charge in [-0.25, -0.2) is 13.9 Å². The van der Waals surface area contributed by atoms with Crippen LogP contribution >= 0.6 is 7.75 Å². The molecule has 13 nitrogen and oxygen atoms in total. The van der Waals surface area contributed by atoms with E-state index in [9.17, 15) is 9.36 Å². The zero-order chi connectivity index (χ0) is 28.4. The molecule has 1 aromatic carbocycles. The number of nitrogens with two attached hydrogens (primary N) is 1. The number of fused-ring (bicyclic) bond motifs is 1. The van der Waals surface area contributed by atoms with Gasteiger partial charge in [0.25, 0.3) is 0 Å². The lowest BCUT2D eigenvalue weighted by Crippen LogP contribution is -2.36. The maximum Gasteiger partial charge on any atom is 0.459 e. The van der Waals surface area contributed by atoms with Gasteiger partial charge < -0.3 is 25.0 Å². The van der Waals surface area contributed by atoms with Crippen LogP contribution in [0.5, 0.6) is 5.75 Å². The number of para-hydroxylation sites is 1. The highest BCUT2D eigenvalue weighted by atomic mass is 31.2. The number of hydrogen-bond acceptors (Lipinski definition) is 11. The van der Waals surface area contributed by atoms with Crippen molar-refractivity contribution in [2.24, 2.45) is 0 Å². The Morgan fingerprint density at radius 2 is 2.03 bits per heavy atom. The smallest absolute Gasteiger partial charge is 0.459 e. The van der Waals surface area contributed by atoms with Gasteiger partial charge in [-0.3, -0.25) is 13.9 Å². The van der Waals surface area contributed by atoms with Crippen molar-refractivity contribution in [1.82, 2.24) is 24.6 Å². The van der Waals surface area contributed by atoms with Crippen LogP contribution in [0.25, 0.3) is 11.2 Å². The van der Waals surface area contributed by atoms with Crippen molar-refractivity contribution in [3.8, 4) is 5.75 Å². The quantitative estimate of drug-likeness (QED) is 0.229. The number of hydrogen-bond donors (Lipinski definition) is 3. The number of carbonyl (C=O) groups excluding carboxylic acids is 1. The first-order valence-electron chi connectivity index (χ1n) is 12.4. The SMILES string of the molecule is CNc1nc(N)nc2c1ncn2[C@@H]1O[C@H](COP(=O)(N[C@@H](C)C(=O)OC(C)C)Oc2ccccc2)C[C@@]1(C)F. The molecule has 1 aliphatic heterocycles. The summed E-state index contributed by atoms with van der Waals surface area (Å²) in [6, 6.07) is 7.32. The lowest BCUT2D eigenvalue weighted by molar-refractivity contribution is -0.149. The van der Waals surface area contributed by atoms with Crippen LogP contribution in [0.1, 0.15) is 40.3 Å². The molecule has 0 amide bonds. The molecule has 4 rings (SSSR count). The molecule has 2 aromatic heterocycles. The molecule has 1 aliphatic rings. The normalized spacial score (nSPS) is 23.5. The number of nitrogens with zero attached hydrogens (tertiary/aromatic N) is 4. The van der Waals surface area contributed by atoms with Crippen LogP contribution in [-0.2, 0) is 23.4 Å². The number of nitrogens with one attached hydrogen (secondary N) is 2. The zero-order valence-electron chi connectivity index (χ0n) is 22.3. The van der Waals surface area contributed by atoms with Crippen LogP contribution in [0.4, 0.5) is 16.2 Å². The summed E-state index contributed by atoms with van der Waals surface area (Å²) in [4.78, 5) is 25.0. The van der Waals surface area contributed by atoms with Crippen LogP contribution in [-0.4, -0.2) is 63.1 Å². The monoisotopic (exact) mass is 565 g/mol. The summed E-state index contributed by atoms with van der Waals surface area (Å²) in [6.07, 6.45) is -1.01. The Hall–Kier alpha value is -3.32. The average molecular weight is 566 g/mol. The molecule has 3 heterocycles. The first-order valence-corrected chi connectivity index (χ1v) is 13.9. The van der Waals surface area contributed by atoms with Gasteiger partial charge in [-0.2, -0.15) is 15.1 Å². The summed E-state index contributed by atoms with van der Waals surface area (Å²) >= 11 is 0. The minimum atomic E-state index is -4.14. The van der Waals surface area contributed by atoms with Crippen molar-refractivity contribution >= 4 is 36.6 Å². The third kappa shape index (κ3) is 6.64. The molecular weight excluding hydrogens is 532 g/mol. The molecule has 39 heavy (non-hydrogen) atoms. The minimum Gasteiger partial charge on any atom is -0.462 e. The highest BCUT2D eigenvalue weighted by Gasteiger charge is 2.48. The van der Waals surface area contributed by atoms with E-state index in [1.54, 1.807) is 51.2 Å². The van der Waals surface area contributed by atoms with Crippen LogP contribution in [0.2, 0.25) is 0 Å². The Kier molecular flexibility index (Phi) is 8.40. The van der Waals surface area contributed by atoms with Gasteiger partial charge in [0.1, 0.15) is 11.8 Å². The predicted molar refractivity (Wildman–Crippen MR) is 142 cm³/mol. The molecule has 15 heteroatoms. The molecular formula is C24H33FN7O6P. The standard InChI is InChI=1S/C24H33FN7O6P/c1-14(2)36-21(33)15(3)31-39(34,38-16-9-7-6-8-10-16)35-12-17-11-24(4,25)22(37-17)32-13-28-18-19(27-5)29-23(26)30-20(18)32/h6-10,13-15,17,22H,11-12H2,1-5H3,(H,31,34)(H3,26,27,29,30)/t15-,17-,22+,24+,39?/m0/s1. The number of rotatable bonds is 11. The Labute approximate surface area is 225 Å². The average Bonchev–Trinajstić information content (AvgIpc) is 3.41. The second kappa shape index (κ2) is 11.4. The lowest BCUT2D eigenvalue weighted by atomic mass is 10.0. The molecule has 0 radical (unpaired) electrons. The van der Waals surface area contributed by atoms with Gasteiger partial charge in [-0.1, -0.05) is 18.2 Å². The van der Waals surface area contributed by atoms with Crippen LogP contribution in [0.3, 0.4) is 0 Å². The number of esters is 1. The maximum absolute atomic E-state index is 15.8. The molecule has 1 saturated heterocycles. The van der Waals surface area contributed by atoms with E-state index >= 15 is 4.39 Å². The third-order valence-corrected chi connectivity index (χ3v) is 7.49. The van der Waals surface area contributed by atoms with Crippen molar-refractivity contribution < 1.29 is 32.3 Å². The summed E-state index contributed by atoms with van der Waals surface area (Å²) in [5, 5.41) is 5.50. The summed E-state index contributed by atoms with van der Waals surface area (Å²) < 4.78 is 53.5. The Morgan fingerprint density at radius 3 is 2.69 bits per heavy atom. The van der Waals surface area contributed by atoms with Gasteiger partial charge in [-0.15, -0.1) is 0 Å².